The first-order valence-corrected chi connectivity index (χ1v) is 11.5. The van der Waals surface area contributed by atoms with Crippen LogP contribution in [0.5, 0.6) is 0 Å². The summed E-state index contributed by atoms with van der Waals surface area (Å²) in [5.74, 6) is 0.0996. The van der Waals surface area contributed by atoms with Gasteiger partial charge in [-0.1, -0.05) is 53.8 Å². The van der Waals surface area contributed by atoms with Crippen molar-refractivity contribution in [3.63, 3.8) is 0 Å². The Hall–Kier alpha value is -2.47. The van der Waals surface area contributed by atoms with Gasteiger partial charge in [-0.2, -0.15) is 0 Å². The highest BCUT2D eigenvalue weighted by Crippen LogP contribution is 2.31. The van der Waals surface area contributed by atoms with E-state index in [0.29, 0.717) is 13.0 Å². The van der Waals surface area contributed by atoms with Crippen molar-refractivity contribution in [2.45, 2.75) is 26.7 Å². The Kier molecular flexibility index (Phi) is 7.88. The lowest BCUT2D eigenvalue weighted by molar-refractivity contribution is -0.118. The van der Waals surface area contributed by atoms with Gasteiger partial charge in [-0.15, -0.1) is 12.4 Å². The second kappa shape index (κ2) is 10.4. The number of carbonyl (C=O) groups excluding carboxylic acids is 1. The van der Waals surface area contributed by atoms with Crippen molar-refractivity contribution >= 4 is 55.8 Å². The molecule has 3 aromatic carbocycles. The third-order valence-corrected chi connectivity index (χ3v) is 6.77. The van der Waals surface area contributed by atoms with Gasteiger partial charge in [0.15, 0.2) is 5.13 Å². The van der Waals surface area contributed by atoms with Crippen LogP contribution in [0.2, 0.25) is 0 Å². The van der Waals surface area contributed by atoms with Crippen molar-refractivity contribution < 1.29 is 4.79 Å². The molecule has 4 rings (SSSR count). The zero-order valence-corrected chi connectivity index (χ0v) is 20.7. The van der Waals surface area contributed by atoms with Crippen LogP contribution in [0.15, 0.2) is 54.6 Å². The van der Waals surface area contributed by atoms with Crippen molar-refractivity contribution in [3.05, 3.63) is 71.3 Å². The molecule has 4 aromatic rings. The van der Waals surface area contributed by atoms with E-state index in [1.165, 1.54) is 11.1 Å². The highest BCUT2D eigenvalue weighted by molar-refractivity contribution is 7.22. The Morgan fingerprint density at radius 3 is 2.47 bits per heavy atom. The molecule has 0 aliphatic rings. The van der Waals surface area contributed by atoms with Crippen LogP contribution >= 0.6 is 23.7 Å². The van der Waals surface area contributed by atoms with Crippen LogP contribution in [-0.4, -0.2) is 43.0 Å². The Bertz CT molecular complexity index is 1190. The molecule has 0 aliphatic heterocycles. The number of rotatable bonds is 7. The molecule has 0 N–H and O–H groups in total. The van der Waals surface area contributed by atoms with Crippen LogP contribution in [0.1, 0.15) is 23.1 Å². The van der Waals surface area contributed by atoms with E-state index in [-0.39, 0.29) is 18.3 Å². The minimum Gasteiger partial charge on any atom is -0.309 e. The second-order valence-corrected chi connectivity index (χ2v) is 9.43. The Morgan fingerprint density at radius 2 is 1.69 bits per heavy atom. The number of hydrogen-bond donors (Lipinski definition) is 0. The molecule has 0 bridgehead atoms. The molecular weight excluding hydrogens is 438 g/mol. The minimum atomic E-state index is 0. The maximum Gasteiger partial charge on any atom is 0.233 e. The van der Waals surface area contributed by atoms with E-state index in [0.717, 1.165) is 44.6 Å². The van der Waals surface area contributed by atoms with Crippen LogP contribution in [0, 0.1) is 13.8 Å². The first-order valence-electron chi connectivity index (χ1n) is 10.7. The summed E-state index contributed by atoms with van der Waals surface area (Å²) in [5.41, 5.74) is 4.52. The number of aryl methyl sites for hydroxylation is 2. The Labute approximate surface area is 200 Å². The van der Waals surface area contributed by atoms with Gasteiger partial charge in [0, 0.05) is 6.54 Å². The number of thiazole rings is 1. The minimum absolute atomic E-state index is 0. The summed E-state index contributed by atoms with van der Waals surface area (Å²) >= 11 is 1.61. The lowest BCUT2D eigenvalue weighted by Gasteiger charge is -2.21. The summed E-state index contributed by atoms with van der Waals surface area (Å²) in [6, 6.07) is 18.7. The number of benzene rings is 3. The van der Waals surface area contributed by atoms with E-state index in [1.54, 1.807) is 11.3 Å². The Morgan fingerprint density at radius 1 is 0.969 bits per heavy atom. The van der Waals surface area contributed by atoms with Gasteiger partial charge in [0.05, 0.1) is 16.6 Å². The number of aromatic nitrogens is 1. The van der Waals surface area contributed by atoms with Gasteiger partial charge in [0.2, 0.25) is 5.91 Å². The monoisotopic (exact) mass is 467 g/mol. The molecule has 1 aromatic heterocycles. The standard InChI is InChI=1S/C26H29N3OS.ClH/c1-18-15-23-24(16-19(18)2)31-26(27-23)29(14-8-13-28(3)4)25(30)17-21-11-7-10-20-9-5-6-12-22(20)21;/h5-7,9-12,15-16H,8,13-14,17H2,1-4H3;1H. The summed E-state index contributed by atoms with van der Waals surface area (Å²) in [4.78, 5) is 22.4. The molecule has 0 atom stereocenters. The zero-order chi connectivity index (χ0) is 22.0. The fourth-order valence-corrected chi connectivity index (χ4v) is 4.95. The number of carbonyl (C=O) groups is 1. The SMILES string of the molecule is Cc1cc2nc(N(CCCN(C)C)C(=O)Cc3cccc4ccccc34)sc2cc1C.Cl. The lowest BCUT2D eigenvalue weighted by atomic mass is 10.0. The summed E-state index contributed by atoms with van der Waals surface area (Å²) in [7, 11) is 4.12. The van der Waals surface area contributed by atoms with Crippen LogP contribution < -0.4 is 4.90 Å². The average Bonchev–Trinajstić information content (AvgIpc) is 3.13. The molecule has 0 saturated carbocycles. The highest BCUT2D eigenvalue weighted by Gasteiger charge is 2.21. The summed E-state index contributed by atoms with van der Waals surface area (Å²) < 4.78 is 1.13. The van der Waals surface area contributed by atoms with E-state index in [9.17, 15) is 4.79 Å². The summed E-state index contributed by atoms with van der Waals surface area (Å²) in [5, 5.41) is 3.10. The molecule has 0 fully saturated rings. The topological polar surface area (TPSA) is 36.4 Å². The van der Waals surface area contributed by atoms with Gasteiger partial charge in [-0.3, -0.25) is 9.69 Å². The van der Waals surface area contributed by atoms with Crippen LogP contribution in [0.25, 0.3) is 21.0 Å². The number of amides is 1. The first kappa shape index (κ1) is 24.2. The number of fused-ring (bicyclic) bond motifs is 2. The van der Waals surface area contributed by atoms with E-state index >= 15 is 0 Å². The molecule has 0 spiro atoms. The molecule has 0 radical (unpaired) electrons. The van der Waals surface area contributed by atoms with Crippen LogP contribution in [-0.2, 0) is 11.2 Å². The maximum atomic E-state index is 13.5. The zero-order valence-electron chi connectivity index (χ0n) is 19.1. The summed E-state index contributed by atoms with van der Waals surface area (Å²) in [6.07, 6.45) is 1.28. The molecule has 6 heteroatoms. The second-order valence-electron chi connectivity index (χ2n) is 8.42. The fraction of sp³-hybridized carbons (Fsp3) is 0.308. The van der Waals surface area contributed by atoms with Gasteiger partial charge in [-0.25, -0.2) is 4.98 Å². The predicted molar refractivity (Wildman–Crippen MR) is 140 cm³/mol. The number of anilines is 1. The van der Waals surface area contributed by atoms with Gasteiger partial charge >= 0.3 is 0 Å². The normalized spacial score (nSPS) is 11.2. The average molecular weight is 468 g/mol. The van der Waals surface area contributed by atoms with Crippen molar-refractivity contribution in [1.82, 2.24) is 9.88 Å². The molecule has 0 saturated heterocycles. The quantitative estimate of drug-likeness (QED) is 0.333. The van der Waals surface area contributed by atoms with E-state index < -0.39 is 0 Å². The molecule has 1 heterocycles. The van der Waals surface area contributed by atoms with Crippen molar-refractivity contribution in [1.29, 1.82) is 0 Å². The van der Waals surface area contributed by atoms with Crippen LogP contribution in [0.4, 0.5) is 5.13 Å². The van der Waals surface area contributed by atoms with E-state index in [1.807, 2.05) is 23.1 Å². The van der Waals surface area contributed by atoms with Crippen LogP contribution in [0.3, 0.4) is 0 Å². The molecule has 4 nitrogen and oxygen atoms in total. The number of halogens is 1. The van der Waals surface area contributed by atoms with Gasteiger partial charge < -0.3 is 4.90 Å². The molecule has 0 aliphatic carbocycles. The fourth-order valence-electron chi connectivity index (χ4n) is 3.86. The van der Waals surface area contributed by atoms with Crippen molar-refractivity contribution in [3.8, 4) is 0 Å². The third-order valence-electron chi connectivity index (χ3n) is 5.73. The largest absolute Gasteiger partial charge is 0.309 e. The van der Waals surface area contributed by atoms with Crippen molar-refractivity contribution in [2.24, 2.45) is 0 Å². The third kappa shape index (κ3) is 5.29. The molecule has 32 heavy (non-hydrogen) atoms. The number of nitrogens with zero attached hydrogens (tertiary/aromatic N) is 3. The smallest absolute Gasteiger partial charge is 0.233 e. The molecular formula is C26H30ClN3OS. The van der Waals surface area contributed by atoms with E-state index in [4.69, 9.17) is 4.98 Å². The number of hydrogen-bond acceptors (Lipinski definition) is 4. The van der Waals surface area contributed by atoms with Gasteiger partial charge in [-0.05, 0) is 80.5 Å². The van der Waals surface area contributed by atoms with Gasteiger partial charge in [0.1, 0.15) is 0 Å². The lowest BCUT2D eigenvalue weighted by Crippen LogP contribution is -2.34. The first-order chi connectivity index (χ1) is 14.9. The Balaban J connectivity index is 0.00000289. The highest BCUT2D eigenvalue weighted by atomic mass is 35.5. The maximum absolute atomic E-state index is 13.5. The van der Waals surface area contributed by atoms with Crippen molar-refractivity contribution in [2.75, 3.05) is 32.1 Å². The van der Waals surface area contributed by atoms with E-state index in [2.05, 4.69) is 69.2 Å². The predicted octanol–water partition coefficient (Wildman–Crippen LogP) is 6.02. The molecule has 1 amide bonds. The van der Waals surface area contributed by atoms with Gasteiger partial charge in [0.25, 0.3) is 0 Å². The molecule has 0 unspecified atom stereocenters. The molecule has 168 valence electrons. The summed E-state index contributed by atoms with van der Waals surface area (Å²) in [6.45, 7) is 5.82.